The maximum Gasteiger partial charge on any atom is 0.493 e. The maximum absolute atomic E-state index is 12.5. The van der Waals surface area contributed by atoms with E-state index in [0.29, 0.717) is 28.8 Å². The second-order valence-corrected chi connectivity index (χ2v) is 8.17. The number of hydrazone groups is 1. The third kappa shape index (κ3) is 4.96. The van der Waals surface area contributed by atoms with Crippen LogP contribution in [0.4, 0.5) is 0 Å². The number of nitrogens with zero attached hydrogens (tertiary/aromatic N) is 2. The fourth-order valence-corrected chi connectivity index (χ4v) is 4.05. The summed E-state index contributed by atoms with van der Waals surface area (Å²) in [6.45, 7) is 3.22. The van der Waals surface area contributed by atoms with Crippen LogP contribution >= 0.6 is 22.9 Å². The number of thiazole rings is 1. The molecule has 1 aromatic heterocycles. The molecule has 6 nitrogen and oxygen atoms in total. The standard InChI is InChI=1S/C21H19BClN3O3S/c1-14-19(30-21(25-14)16-5-9-18(23)10-6-16)20(27)26-24-13-15-3-7-17(8-4-15)22-28-11-2-12-29-22/h3-10,13H,2,11-12H2,1H3,(H,26,27)/b24-13+. The van der Waals surface area contributed by atoms with Crippen molar-refractivity contribution in [1.29, 1.82) is 0 Å². The van der Waals surface area contributed by atoms with E-state index >= 15 is 0 Å². The number of hydrogen-bond acceptors (Lipinski definition) is 6. The molecule has 1 fully saturated rings. The third-order valence-electron chi connectivity index (χ3n) is 4.51. The van der Waals surface area contributed by atoms with Gasteiger partial charge in [-0.2, -0.15) is 5.10 Å². The van der Waals surface area contributed by atoms with E-state index in [1.807, 2.05) is 43.3 Å². The lowest BCUT2D eigenvalue weighted by atomic mass is 9.78. The molecule has 0 bridgehead atoms. The molecule has 1 aliphatic rings. The van der Waals surface area contributed by atoms with Gasteiger partial charge < -0.3 is 9.31 Å². The Labute approximate surface area is 184 Å². The highest BCUT2D eigenvalue weighted by atomic mass is 35.5. The summed E-state index contributed by atoms with van der Waals surface area (Å²) >= 11 is 7.26. The van der Waals surface area contributed by atoms with Crippen molar-refractivity contribution in [2.75, 3.05) is 13.2 Å². The summed E-state index contributed by atoms with van der Waals surface area (Å²) in [5, 5.41) is 5.49. The second-order valence-electron chi connectivity index (χ2n) is 6.73. The first-order valence-corrected chi connectivity index (χ1v) is 10.7. The van der Waals surface area contributed by atoms with Crippen molar-refractivity contribution in [2.24, 2.45) is 5.10 Å². The van der Waals surface area contributed by atoms with Gasteiger partial charge in [0.1, 0.15) is 9.88 Å². The SMILES string of the molecule is Cc1nc(-c2ccc(Cl)cc2)sc1C(=O)N/N=C/c1ccc(B2OCCCO2)cc1. The Hall–Kier alpha value is -2.52. The highest BCUT2D eigenvalue weighted by Crippen LogP contribution is 2.28. The number of nitrogens with one attached hydrogen (secondary N) is 1. The molecule has 9 heteroatoms. The van der Waals surface area contributed by atoms with Gasteiger partial charge in [0.05, 0.1) is 11.9 Å². The summed E-state index contributed by atoms with van der Waals surface area (Å²) in [5.41, 5.74) is 5.97. The highest BCUT2D eigenvalue weighted by molar-refractivity contribution is 7.17. The van der Waals surface area contributed by atoms with Crippen molar-refractivity contribution in [2.45, 2.75) is 13.3 Å². The number of benzene rings is 2. The summed E-state index contributed by atoms with van der Waals surface area (Å²) in [6, 6.07) is 15.0. The smallest absolute Gasteiger partial charge is 0.407 e. The molecule has 1 saturated heterocycles. The first kappa shape index (κ1) is 20.7. The largest absolute Gasteiger partial charge is 0.493 e. The van der Waals surface area contributed by atoms with Crippen LogP contribution in [0.1, 0.15) is 27.3 Å². The molecule has 2 aromatic carbocycles. The van der Waals surface area contributed by atoms with Crippen molar-refractivity contribution in [3.05, 3.63) is 69.7 Å². The molecule has 4 rings (SSSR count). The summed E-state index contributed by atoms with van der Waals surface area (Å²) in [4.78, 5) is 17.5. The molecule has 1 N–H and O–H groups in total. The maximum atomic E-state index is 12.5. The van der Waals surface area contributed by atoms with Gasteiger partial charge in [-0.05, 0) is 36.5 Å². The third-order valence-corrected chi connectivity index (χ3v) is 5.97. The quantitative estimate of drug-likeness (QED) is 0.374. The van der Waals surface area contributed by atoms with Crippen LogP contribution in [0.5, 0.6) is 0 Å². The Morgan fingerprint density at radius 3 is 2.57 bits per heavy atom. The number of amides is 1. The van der Waals surface area contributed by atoms with Crippen molar-refractivity contribution >= 4 is 47.6 Å². The Bertz CT molecular complexity index is 1050. The lowest BCUT2D eigenvalue weighted by Gasteiger charge is -2.19. The number of halogens is 1. The van der Waals surface area contributed by atoms with Crippen LogP contribution in [0.3, 0.4) is 0 Å². The van der Waals surface area contributed by atoms with Crippen LogP contribution in [0.25, 0.3) is 10.6 Å². The van der Waals surface area contributed by atoms with Gasteiger partial charge in [0.25, 0.3) is 5.91 Å². The van der Waals surface area contributed by atoms with Gasteiger partial charge in [0, 0.05) is 23.8 Å². The second kappa shape index (κ2) is 9.53. The summed E-state index contributed by atoms with van der Waals surface area (Å²) in [5.74, 6) is -0.290. The van der Waals surface area contributed by atoms with Gasteiger partial charge in [-0.3, -0.25) is 4.79 Å². The Balaban J connectivity index is 1.38. The molecule has 0 spiro atoms. The van der Waals surface area contributed by atoms with E-state index in [4.69, 9.17) is 20.9 Å². The first-order valence-electron chi connectivity index (χ1n) is 9.50. The Morgan fingerprint density at radius 2 is 1.87 bits per heavy atom. The summed E-state index contributed by atoms with van der Waals surface area (Å²) in [6.07, 6.45) is 2.52. The number of aromatic nitrogens is 1. The highest BCUT2D eigenvalue weighted by Gasteiger charge is 2.23. The fraction of sp³-hybridized carbons (Fsp3) is 0.190. The van der Waals surface area contributed by atoms with Crippen molar-refractivity contribution < 1.29 is 14.1 Å². The van der Waals surface area contributed by atoms with Gasteiger partial charge >= 0.3 is 7.12 Å². The van der Waals surface area contributed by atoms with Gasteiger partial charge in [0.15, 0.2) is 0 Å². The molecular weight excluding hydrogens is 421 g/mol. The molecule has 2 heterocycles. The van der Waals surface area contributed by atoms with E-state index in [1.165, 1.54) is 11.3 Å². The number of aryl methyl sites for hydroxylation is 1. The predicted molar refractivity (Wildman–Crippen MR) is 121 cm³/mol. The molecular formula is C21H19BClN3O3S. The average Bonchev–Trinajstić information content (AvgIpc) is 3.17. The van der Waals surface area contributed by atoms with Gasteiger partial charge in [-0.25, -0.2) is 10.4 Å². The Kier molecular flexibility index (Phi) is 6.59. The average molecular weight is 440 g/mol. The summed E-state index contributed by atoms with van der Waals surface area (Å²) in [7, 11) is -0.311. The minimum Gasteiger partial charge on any atom is -0.407 e. The van der Waals surface area contributed by atoms with E-state index in [9.17, 15) is 4.79 Å². The number of carbonyl (C=O) groups excluding carboxylic acids is 1. The molecule has 30 heavy (non-hydrogen) atoms. The zero-order valence-corrected chi connectivity index (χ0v) is 17.9. The van der Waals surface area contributed by atoms with Crippen LogP contribution in [0.15, 0.2) is 53.6 Å². The molecule has 152 valence electrons. The minimum absolute atomic E-state index is 0.290. The number of rotatable bonds is 5. The van der Waals surface area contributed by atoms with E-state index in [1.54, 1.807) is 18.3 Å². The number of carbonyl (C=O) groups is 1. The van der Waals surface area contributed by atoms with Crippen LogP contribution in [-0.2, 0) is 9.31 Å². The van der Waals surface area contributed by atoms with Crippen LogP contribution in [0.2, 0.25) is 5.02 Å². The summed E-state index contributed by atoms with van der Waals surface area (Å²) < 4.78 is 11.2. The van der Waals surface area contributed by atoms with E-state index in [-0.39, 0.29) is 13.0 Å². The molecule has 0 aliphatic carbocycles. The molecule has 0 unspecified atom stereocenters. The molecule has 1 amide bonds. The molecule has 0 radical (unpaired) electrons. The fourth-order valence-electron chi connectivity index (χ4n) is 2.96. The lowest BCUT2D eigenvalue weighted by Crippen LogP contribution is -2.40. The van der Waals surface area contributed by atoms with Crippen molar-refractivity contribution in [3.63, 3.8) is 0 Å². The first-order chi connectivity index (χ1) is 14.6. The topological polar surface area (TPSA) is 72.8 Å². The van der Waals surface area contributed by atoms with Gasteiger partial charge in [-0.1, -0.05) is 48.0 Å². The van der Waals surface area contributed by atoms with Crippen LogP contribution in [0, 0.1) is 6.92 Å². The van der Waals surface area contributed by atoms with Crippen LogP contribution < -0.4 is 10.9 Å². The monoisotopic (exact) mass is 439 g/mol. The normalized spacial score (nSPS) is 14.3. The van der Waals surface area contributed by atoms with Crippen LogP contribution in [-0.4, -0.2) is 37.4 Å². The molecule has 0 atom stereocenters. The number of hydrogen-bond donors (Lipinski definition) is 1. The van der Waals surface area contributed by atoms with Gasteiger partial charge in [0.2, 0.25) is 0 Å². The van der Waals surface area contributed by atoms with Crippen molar-refractivity contribution in [1.82, 2.24) is 10.4 Å². The lowest BCUT2D eigenvalue weighted by molar-refractivity contribution is 0.0958. The molecule has 3 aromatic rings. The van der Waals surface area contributed by atoms with E-state index in [2.05, 4.69) is 15.5 Å². The Morgan fingerprint density at radius 1 is 1.17 bits per heavy atom. The molecule has 0 saturated carbocycles. The van der Waals surface area contributed by atoms with E-state index < -0.39 is 0 Å². The van der Waals surface area contributed by atoms with Crippen molar-refractivity contribution in [3.8, 4) is 10.6 Å². The minimum atomic E-state index is -0.311. The zero-order chi connectivity index (χ0) is 20.9. The molecule has 1 aliphatic heterocycles. The van der Waals surface area contributed by atoms with Gasteiger partial charge in [-0.15, -0.1) is 11.3 Å². The zero-order valence-electron chi connectivity index (χ0n) is 16.3. The predicted octanol–water partition coefficient (Wildman–Crippen LogP) is 3.67. The van der Waals surface area contributed by atoms with E-state index in [0.717, 1.165) is 28.0 Å².